The lowest BCUT2D eigenvalue weighted by Gasteiger charge is -2.66. The average Bonchev–Trinajstić information content (AvgIpc) is 3.50. The molecule has 3 aromatic rings. The molecular formula is C34H47N7OS. The van der Waals surface area contributed by atoms with Crippen LogP contribution in [0.4, 0.5) is 23.1 Å². The highest BCUT2D eigenvalue weighted by Crippen LogP contribution is 2.65. The summed E-state index contributed by atoms with van der Waals surface area (Å²) in [5.74, 6) is 2.37. The first-order valence-electron chi connectivity index (χ1n) is 16.4. The zero-order valence-corrected chi connectivity index (χ0v) is 27.0. The van der Waals surface area contributed by atoms with E-state index in [4.69, 9.17) is 9.97 Å². The Bertz CT molecular complexity index is 1460. The number of aromatic nitrogens is 2. The molecule has 0 unspecified atom stereocenters. The molecule has 1 aromatic carbocycles. The minimum Gasteiger partial charge on any atom is -0.369 e. The number of hydrogen-bond donors (Lipinski definition) is 3. The molecule has 2 bridgehead atoms. The molecule has 4 atom stereocenters. The van der Waals surface area contributed by atoms with Crippen LogP contribution in [0.2, 0.25) is 0 Å². The van der Waals surface area contributed by atoms with Crippen molar-refractivity contribution in [2.75, 3.05) is 48.8 Å². The van der Waals surface area contributed by atoms with E-state index < -0.39 is 5.54 Å². The van der Waals surface area contributed by atoms with Crippen LogP contribution in [0.5, 0.6) is 0 Å². The summed E-state index contributed by atoms with van der Waals surface area (Å²) in [6.07, 6.45) is 9.02. The fourth-order valence-corrected chi connectivity index (χ4v) is 9.64. The molecule has 43 heavy (non-hydrogen) atoms. The van der Waals surface area contributed by atoms with Crippen LogP contribution in [-0.2, 0) is 4.79 Å². The van der Waals surface area contributed by atoms with Crippen molar-refractivity contribution in [3.63, 3.8) is 0 Å². The zero-order chi connectivity index (χ0) is 29.8. The van der Waals surface area contributed by atoms with Gasteiger partial charge in [-0.05, 0) is 85.6 Å². The lowest BCUT2D eigenvalue weighted by atomic mass is 9.40. The van der Waals surface area contributed by atoms with E-state index in [1.54, 1.807) is 18.4 Å². The highest BCUT2D eigenvalue weighted by Gasteiger charge is 2.64. The van der Waals surface area contributed by atoms with E-state index in [9.17, 15) is 4.79 Å². The van der Waals surface area contributed by atoms with Gasteiger partial charge in [0, 0.05) is 50.6 Å². The number of carbonyl (C=O) groups is 1. The molecule has 5 aliphatic rings. The van der Waals surface area contributed by atoms with Gasteiger partial charge in [0.1, 0.15) is 5.82 Å². The number of anilines is 4. The van der Waals surface area contributed by atoms with Crippen molar-refractivity contribution in [1.29, 1.82) is 0 Å². The van der Waals surface area contributed by atoms with Crippen molar-refractivity contribution in [2.24, 2.45) is 23.2 Å². The average molecular weight is 602 g/mol. The van der Waals surface area contributed by atoms with E-state index in [0.29, 0.717) is 17.8 Å². The Morgan fingerprint density at radius 1 is 0.953 bits per heavy atom. The summed E-state index contributed by atoms with van der Waals surface area (Å²) < 4.78 is 1.03. The fraction of sp³-hybridized carbons (Fsp3) is 0.618. The molecule has 9 heteroatoms. The minimum atomic E-state index is -0.399. The fourth-order valence-electron chi connectivity index (χ4n) is 8.87. The summed E-state index contributed by atoms with van der Waals surface area (Å²) in [7, 11) is 1.75. The Labute approximate surface area is 260 Å². The van der Waals surface area contributed by atoms with E-state index >= 15 is 0 Å². The van der Waals surface area contributed by atoms with E-state index in [0.717, 1.165) is 66.8 Å². The highest BCUT2D eigenvalue weighted by molar-refractivity contribution is 7.17. The van der Waals surface area contributed by atoms with Crippen LogP contribution in [0, 0.1) is 23.2 Å². The van der Waals surface area contributed by atoms with Crippen molar-refractivity contribution in [2.45, 2.75) is 77.3 Å². The predicted molar refractivity (Wildman–Crippen MR) is 177 cm³/mol. The van der Waals surface area contributed by atoms with E-state index in [1.165, 1.54) is 37.8 Å². The summed E-state index contributed by atoms with van der Waals surface area (Å²) in [6, 6.07) is 11.6. The molecule has 4 aliphatic carbocycles. The van der Waals surface area contributed by atoms with Crippen LogP contribution in [0.3, 0.4) is 0 Å². The number of fused-ring (bicyclic) bond motifs is 3. The van der Waals surface area contributed by atoms with Gasteiger partial charge in [0.05, 0.1) is 21.7 Å². The molecule has 230 valence electrons. The summed E-state index contributed by atoms with van der Waals surface area (Å²) in [6.45, 7) is 11.5. The standard InChI is InChI=1S/C34H47N7OS/c1-33(2)22-20-26(31(42)35-4)34(3,28(33)21-22)39-30-29-27(14-19-43-29)37-32(38-30)36-23-10-12-25(13-11-23)41-17-15-40(16-18-41)24-8-6-5-7-9-24/h10-14,19,22,24,26,28H,5-9,15-18,20-21H2,1-4H3,(H,35,42)(H2,36,37,38,39)/t22-,26-,28+,34-/m0/s1. The smallest absolute Gasteiger partial charge is 0.229 e. The van der Waals surface area contributed by atoms with Crippen LogP contribution in [0.15, 0.2) is 35.7 Å². The molecular weight excluding hydrogens is 554 g/mol. The van der Waals surface area contributed by atoms with Crippen molar-refractivity contribution in [3.05, 3.63) is 35.7 Å². The van der Waals surface area contributed by atoms with Gasteiger partial charge in [-0.2, -0.15) is 4.98 Å². The second kappa shape index (κ2) is 11.2. The minimum absolute atomic E-state index is 0.104. The molecule has 8 nitrogen and oxygen atoms in total. The quantitative estimate of drug-likeness (QED) is 0.286. The molecule has 0 spiro atoms. The summed E-state index contributed by atoms with van der Waals surface area (Å²) in [5, 5.41) is 12.3. The third kappa shape index (κ3) is 5.16. The number of nitrogens with zero attached hydrogens (tertiary/aromatic N) is 4. The number of thiophene rings is 1. The highest BCUT2D eigenvalue weighted by atomic mass is 32.1. The predicted octanol–water partition coefficient (Wildman–Crippen LogP) is 6.49. The van der Waals surface area contributed by atoms with Crippen molar-refractivity contribution >= 4 is 50.6 Å². The van der Waals surface area contributed by atoms with Crippen molar-refractivity contribution in [1.82, 2.24) is 20.2 Å². The third-order valence-electron chi connectivity index (χ3n) is 11.6. The zero-order valence-electron chi connectivity index (χ0n) is 26.2. The van der Waals surface area contributed by atoms with Gasteiger partial charge >= 0.3 is 0 Å². The lowest BCUT2D eigenvalue weighted by molar-refractivity contribution is -0.155. The number of carbonyl (C=O) groups excluding carboxylic acids is 1. The van der Waals surface area contributed by atoms with Gasteiger partial charge in [-0.25, -0.2) is 4.98 Å². The number of benzene rings is 1. The van der Waals surface area contributed by atoms with Gasteiger partial charge in [0.25, 0.3) is 0 Å². The first-order chi connectivity index (χ1) is 20.8. The van der Waals surface area contributed by atoms with E-state index in [1.807, 2.05) is 0 Å². The Balaban J connectivity index is 1.07. The molecule has 0 radical (unpaired) electrons. The SMILES string of the molecule is CNC(=O)[C@@H]1C[C@H]2C[C@H](C2(C)C)[C@@]1(C)Nc1nc(Nc2ccc(N3CCN(C4CCCCC4)CC3)cc2)nc2ccsc12. The van der Waals surface area contributed by atoms with Crippen LogP contribution in [-0.4, -0.2) is 65.6 Å². The molecule has 2 aromatic heterocycles. The Morgan fingerprint density at radius 3 is 2.40 bits per heavy atom. The molecule has 1 saturated heterocycles. The summed E-state index contributed by atoms with van der Waals surface area (Å²) in [4.78, 5) is 28.2. The molecule has 4 saturated carbocycles. The van der Waals surface area contributed by atoms with Gasteiger partial charge in [0.15, 0.2) is 0 Å². The number of nitrogens with one attached hydrogen (secondary N) is 3. The van der Waals surface area contributed by atoms with Crippen LogP contribution < -0.4 is 20.9 Å². The molecule has 1 aliphatic heterocycles. The van der Waals surface area contributed by atoms with Crippen LogP contribution in [0.1, 0.15) is 65.7 Å². The second-order valence-corrected chi connectivity index (χ2v) is 15.1. The van der Waals surface area contributed by atoms with Gasteiger partial charge in [-0.1, -0.05) is 33.1 Å². The van der Waals surface area contributed by atoms with Gasteiger partial charge in [0.2, 0.25) is 11.9 Å². The number of rotatable bonds is 7. The molecule has 8 rings (SSSR count). The van der Waals surface area contributed by atoms with E-state index in [2.05, 4.69) is 82.2 Å². The first kappa shape index (κ1) is 28.8. The lowest BCUT2D eigenvalue weighted by Crippen LogP contribution is -2.69. The molecule has 1 amide bonds. The summed E-state index contributed by atoms with van der Waals surface area (Å²) >= 11 is 1.65. The Kier molecular flexibility index (Phi) is 7.53. The van der Waals surface area contributed by atoms with E-state index in [-0.39, 0.29) is 17.2 Å². The van der Waals surface area contributed by atoms with Gasteiger partial charge < -0.3 is 20.9 Å². The van der Waals surface area contributed by atoms with Gasteiger partial charge in [-0.3, -0.25) is 9.69 Å². The number of hydrogen-bond acceptors (Lipinski definition) is 8. The van der Waals surface area contributed by atoms with Crippen LogP contribution >= 0.6 is 11.3 Å². The first-order valence-corrected chi connectivity index (χ1v) is 17.3. The maximum absolute atomic E-state index is 13.1. The Morgan fingerprint density at radius 2 is 1.70 bits per heavy atom. The normalized spacial score (nSPS) is 29.2. The number of piperazine rings is 1. The van der Waals surface area contributed by atoms with Crippen molar-refractivity contribution < 1.29 is 4.79 Å². The maximum Gasteiger partial charge on any atom is 0.229 e. The maximum atomic E-state index is 13.1. The van der Waals surface area contributed by atoms with Crippen molar-refractivity contribution in [3.8, 4) is 0 Å². The Hall–Kier alpha value is -2.91. The monoisotopic (exact) mass is 601 g/mol. The molecule has 5 fully saturated rings. The molecule has 3 N–H and O–H groups in total. The molecule has 3 heterocycles. The summed E-state index contributed by atoms with van der Waals surface area (Å²) in [5.41, 5.74) is 2.96. The largest absolute Gasteiger partial charge is 0.369 e. The second-order valence-electron chi connectivity index (χ2n) is 14.1. The van der Waals surface area contributed by atoms with Gasteiger partial charge in [-0.15, -0.1) is 11.3 Å². The topological polar surface area (TPSA) is 85.4 Å². The third-order valence-corrected chi connectivity index (χ3v) is 12.5. The number of amides is 1. The van der Waals surface area contributed by atoms with Crippen LogP contribution in [0.25, 0.3) is 10.2 Å².